The van der Waals surface area contributed by atoms with Crippen LogP contribution in [0.2, 0.25) is 5.02 Å². The average molecular weight is 359 g/mol. The standard InChI is InChI=1S/C11H10ClF3N2O2S2/c12-7-2-1-6(9(16)20)5-8(7)21(18,19)17-10(3-4-10)11(13,14)15/h1-2,5,17H,3-4H2,(H2,16,20). The van der Waals surface area contributed by atoms with Gasteiger partial charge in [0.2, 0.25) is 10.0 Å². The van der Waals surface area contributed by atoms with Crippen molar-refractivity contribution in [2.45, 2.75) is 29.5 Å². The van der Waals surface area contributed by atoms with Crippen molar-refractivity contribution in [3.8, 4) is 0 Å². The molecule has 3 N–H and O–H groups in total. The first-order valence-corrected chi connectivity index (χ1v) is 7.95. The lowest BCUT2D eigenvalue weighted by molar-refractivity contribution is -0.160. The van der Waals surface area contributed by atoms with E-state index >= 15 is 0 Å². The minimum Gasteiger partial charge on any atom is -0.389 e. The minimum absolute atomic E-state index is 0.0833. The maximum Gasteiger partial charge on any atom is 0.407 e. The second-order valence-electron chi connectivity index (χ2n) is 4.69. The summed E-state index contributed by atoms with van der Waals surface area (Å²) in [6, 6.07) is 3.66. The van der Waals surface area contributed by atoms with Gasteiger partial charge in [-0.25, -0.2) is 8.42 Å². The molecule has 1 saturated carbocycles. The molecule has 0 saturated heterocycles. The van der Waals surface area contributed by atoms with Gasteiger partial charge in [-0.3, -0.25) is 0 Å². The molecular weight excluding hydrogens is 349 g/mol. The molecule has 0 bridgehead atoms. The van der Waals surface area contributed by atoms with Gasteiger partial charge in [0, 0.05) is 5.56 Å². The molecule has 1 aromatic rings. The van der Waals surface area contributed by atoms with Crippen molar-refractivity contribution in [3.05, 3.63) is 28.8 Å². The summed E-state index contributed by atoms with van der Waals surface area (Å²) in [5.74, 6) is 0. The molecule has 21 heavy (non-hydrogen) atoms. The molecular formula is C11H10ClF3N2O2S2. The molecule has 10 heteroatoms. The van der Waals surface area contributed by atoms with Crippen LogP contribution in [0.5, 0.6) is 0 Å². The van der Waals surface area contributed by atoms with E-state index in [0.717, 1.165) is 6.07 Å². The van der Waals surface area contributed by atoms with Gasteiger partial charge in [-0.05, 0) is 25.0 Å². The lowest BCUT2D eigenvalue weighted by Crippen LogP contribution is -2.47. The molecule has 116 valence electrons. The molecule has 0 amide bonds. The van der Waals surface area contributed by atoms with Gasteiger partial charge in [-0.2, -0.15) is 17.9 Å². The summed E-state index contributed by atoms with van der Waals surface area (Å²) in [6.45, 7) is 0. The second-order valence-corrected chi connectivity index (χ2v) is 7.19. The van der Waals surface area contributed by atoms with E-state index in [1.165, 1.54) is 12.1 Å². The monoisotopic (exact) mass is 358 g/mol. The molecule has 2 rings (SSSR count). The van der Waals surface area contributed by atoms with Gasteiger partial charge in [0.15, 0.2) is 0 Å². The quantitative estimate of drug-likeness (QED) is 0.810. The Bertz CT molecular complexity index is 700. The molecule has 0 heterocycles. The van der Waals surface area contributed by atoms with Crippen molar-refractivity contribution >= 4 is 38.8 Å². The van der Waals surface area contributed by atoms with E-state index < -0.39 is 26.6 Å². The number of sulfonamides is 1. The number of hydrogen-bond donors (Lipinski definition) is 2. The Balaban J connectivity index is 2.41. The van der Waals surface area contributed by atoms with Crippen LogP contribution in [0, 0.1) is 0 Å². The van der Waals surface area contributed by atoms with E-state index in [1.807, 2.05) is 0 Å². The summed E-state index contributed by atoms with van der Waals surface area (Å²) in [4.78, 5) is -0.565. The molecule has 0 radical (unpaired) electrons. The zero-order valence-electron chi connectivity index (χ0n) is 10.4. The Morgan fingerprint density at radius 2 is 1.95 bits per heavy atom. The number of benzene rings is 1. The molecule has 0 aliphatic heterocycles. The van der Waals surface area contributed by atoms with Crippen LogP contribution in [0.1, 0.15) is 18.4 Å². The maximum absolute atomic E-state index is 12.8. The van der Waals surface area contributed by atoms with E-state index in [4.69, 9.17) is 29.6 Å². The third kappa shape index (κ3) is 3.15. The smallest absolute Gasteiger partial charge is 0.389 e. The van der Waals surface area contributed by atoms with Crippen LogP contribution in [-0.4, -0.2) is 25.1 Å². The van der Waals surface area contributed by atoms with Crippen molar-refractivity contribution in [2.24, 2.45) is 5.73 Å². The van der Waals surface area contributed by atoms with Crippen LogP contribution in [0.25, 0.3) is 0 Å². The molecule has 1 aromatic carbocycles. The van der Waals surface area contributed by atoms with Gasteiger partial charge in [0.1, 0.15) is 15.4 Å². The first-order chi connectivity index (χ1) is 9.48. The highest BCUT2D eigenvalue weighted by molar-refractivity contribution is 7.89. The molecule has 0 unspecified atom stereocenters. The molecule has 0 aromatic heterocycles. The lowest BCUT2D eigenvalue weighted by Gasteiger charge is -2.21. The van der Waals surface area contributed by atoms with Crippen LogP contribution in [0.3, 0.4) is 0 Å². The van der Waals surface area contributed by atoms with Crippen molar-refractivity contribution in [3.63, 3.8) is 0 Å². The van der Waals surface area contributed by atoms with Gasteiger partial charge < -0.3 is 5.73 Å². The number of nitrogens with two attached hydrogens (primary N) is 1. The zero-order chi connectivity index (χ0) is 16.1. The molecule has 1 aliphatic rings. The number of nitrogens with one attached hydrogen (secondary N) is 1. The maximum atomic E-state index is 12.8. The number of thiocarbonyl (C=S) groups is 1. The Hall–Kier alpha value is -0.900. The van der Waals surface area contributed by atoms with Gasteiger partial charge in [-0.1, -0.05) is 29.9 Å². The lowest BCUT2D eigenvalue weighted by atomic mass is 10.2. The highest BCUT2D eigenvalue weighted by Crippen LogP contribution is 2.49. The normalized spacial score (nSPS) is 17.5. The van der Waals surface area contributed by atoms with Crippen molar-refractivity contribution in [2.75, 3.05) is 0 Å². The predicted molar refractivity (Wildman–Crippen MR) is 75.7 cm³/mol. The largest absolute Gasteiger partial charge is 0.407 e. The number of hydrogen-bond acceptors (Lipinski definition) is 3. The van der Waals surface area contributed by atoms with Crippen LogP contribution in [-0.2, 0) is 10.0 Å². The van der Waals surface area contributed by atoms with E-state index in [0.29, 0.717) is 0 Å². The van der Waals surface area contributed by atoms with Gasteiger partial charge in [0.25, 0.3) is 0 Å². The number of halogens is 4. The summed E-state index contributed by atoms with van der Waals surface area (Å²) < 4.78 is 64.5. The predicted octanol–water partition coefficient (Wildman–Crippen LogP) is 2.35. The van der Waals surface area contributed by atoms with Gasteiger partial charge in [0.05, 0.1) is 5.02 Å². The third-order valence-corrected chi connectivity index (χ3v) is 5.38. The van der Waals surface area contributed by atoms with Crippen LogP contribution in [0.4, 0.5) is 13.2 Å². The Morgan fingerprint density at radius 1 is 1.38 bits per heavy atom. The summed E-state index contributed by atoms with van der Waals surface area (Å²) in [6.07, 6.45) is -5.27. The van der Waals surface area contributed by atoms with E-state index in [-0.39, 0.29) is 28.4 Å². The van der Waals surface area contributed by atoms with Gasteiger partial charge in [-0.15, -0.1) is 0 Å². The fraction of sp³-hybridized carbons (Fsp3) is 0.364. The van der Waals surface area contributed by atoms with E-state index in [2.05, 4.69) is 0 Å². The van der Waals surface area contributed by atoms with Crippen molar-refractivity contribution < 1.29 is 21.6 Å². The van der Waals surface area contributed by atoms with Crippen LogP contribution in [0.15, 0.2) is 23.1 Å². The summed E-state index contributed by atoms with van der Waals surface area (Å²) in [7, 11) is -4.44. The van der Waals surface area contributed by atoms with Crippen molar-refractivity contribution in [1.29, 1.82) is 0 Å². The van der Waals surface area contributed by atoms with E-state index in [1.54, 1.807) is 4.72 Å². The van der Waals surface area contributed by atoms with Crippen LogP contribution >= 0.6 is 23.8 Å². The second kappa shape index (κ2) is 5.08. The summed E-state index contributed by atoms with van der Waals surface area (Å²) >= 11 is 10.5. The Kier molecular flexibility index (Phi) is 3.98. The summed E-state index contributed by atoms with van der Waals surface area (Å²) in [5.41, 5.74) is 3.17. The highest BCUT2D eigenvalue weighted by atomic mass is 35.5. The number of alkyl halides is 3. The number of rotatable bonds is 4. The molecule has 1 aliphatic carbocycles. The third-order valence-electron chi connectivity index (χ3n) is 3.13. The van der Waals surface area contributed by atoms with Crippen molar-refractivity contribution in [1.82, 2.24) is 4.72 Å². The molecule has 0 spiro atoms. The molecule has 1 fully saturated rings. The fourth-order valence-corrected chi connectivity index (χ4v) is 3.84. The minimum atomic E-state index is -4.66. The topological polar surface area (TPSA) is 72.2 Å². The first kappa shape index (κ1) is 16.5. The zero-order valence-corrected chi connectivity index (χ0v) is 12.8. The average Bonchev–Trinajstić information content (AvgIpc) is 3.08. The van der Waals surface area contributed by atoms with Gasteiger partial charge >= 0.3 is 6.18 Å². The first-order valence-electron chi connectivity index (χ1n) is 5.69. The van der Waals surface area contributed by atoms with Crippen LogP contribution < -0.4 is 10.5 Å². The summed E-state index contributed by atoms with van der Waals surface area (Å²) in [5, 5.41) is -0.208. The fourth-order valence-electron chi connectivity index (χ4n) is 1.74. The highest BCUT2D eigenvalue weighted by Gasteiger charge is 2.65. The molecule has 0 atom stereocenters. The van der Waals surface area contributed by atoms with E-state index in [9.17, 15) is 21.6 Å². The Labute approximate surface area is 129 Å². The SMILES string of the molecule is NC(=S)c1ccc(Cl)c(S(=O)(=O)NC2(C(F)(F)F)CC2)c1. The Morgan fingerprint density at radius 3 is 2.38 bits per heavy atom. The molecule has 4 nitrogen and oxygen atoms in total.